The van der Waals surface area contributed by atoms with E-state index in [2.05, 4.69) is 10.6 Å². The summed E-state index contributed by atoms with van der Waals surface area (Å²) in [6.07, 6.45) is 0.648. The van der Waals surface area contributed by atoms with Gasteiger partial charge in [0.25, 0.3) is 11.8 Å². The number of amides is 2. The molecule has 0 atom stereocenters. The van der Waals surface area contributed by atoms with Crippen LogP contribution in [0.25, 0.3) is 0 Å². The number of carbonyl (C=O) groups excluding carboxylic acids is 3. The lowest BCUT2D eigenvalue weighted by atomic mass is 10.2. The number of carbonyl (C=O) groups is 3. The molecule has 0 radical (unpaired) electrons. The Morgan fingerprint density at radius 1 is 0.967 bits per heavy atom. The normalized spacial score (nSPS) is 10.3. The number of halogens is 1. The molecule has 0 spiro atoms. The molecule has 8 heteroatoms. The summed E-state index contributed by atoms with van der Waals surface area (Å²) in [5, 5.41) is 9.47. The maximum atomic E-state index is 12.3. The number of ether oxygens (including phenoxy) is 1. The van der Waals surface area contributed by atoms with E-state index in [1.807, 2.05) is 5.38 Å². The van der Waals surface area contributed by atoms with Crippen LogP contribution in [0.15, 0.2) is 65.4 Å². The first-order chi connectivity index (χ1) is 14.5. The van der Waals surface area contributed by atoms with E-state index in [1.165, 1.54) is 11.3 Å². The molecule has 0 aliphatic heterocycles. The van der Waals surface area contributed by atoms with Crippen molar-refractivity contribution >= 4 is 46.4 Å². The SMILES string of the molecule is O=C(CCCNC(=O)c1ccsc1)Oc1ccc(NC(=O)c2ccccc2Cl)cc1. The van der Waals surface area contributed by atoms with E-state index in [4.69, 9.17) is 16.3 Å². The van der Waals surface area contributed by atoms with Gasteiger partial charge < -0.3 is 15.4 Å². The highest BCUT2D eigenvalue weighted by atomic mass is 35.5. The highest BCUT2D eigenvalue weighted by Crippen LogP contribution is 2.20. The standard InChI is InChI=1S/C22H19ClN2O4S/c23-19-5-2-1-4-18(19)22(28)25-16-7-9-17(10-8-16)29-20(26)6-3-12-24-21(27)15-11-13-30-14-15/h1-2,4-5,7-11,13-14H,3,6,12H2,(H,24,27)(H,25,28). The van der Waals surface area contributed by atoms with Gasteiger partial charge in [-0.3, -0.25) is 14.4 Å². The van der Waals surface area contributed by atoms with Crippen LogP contribution in [0.1, 0.15) is 33.6 Å². The number of rotatable bonds is 8. The molecule has 0 saturated heterocycles. The molecule has 2 N–H and O–H groups in total. The Bertz CT molecular complexity index is 1020. The Kier molecular flexibility index (Phi) is 7.59. The van der Waals surface area contributed by atoms with Gasteiger partial charge in [-0.25, -0.2) is 0 Å². The second kappa shape index (κ2) is 10.6. The maximum Gasteiger partial charge on any atom is 0.311 e. The third kappa shape index (κ3) is 6.17. The molecule has 1 aromatic heterocycles. The Morgan fingerprint density at radius 2 is 1.73 bits per heavy atom. The first-order valence-electron chi connectivity index (χ1n) is 9.20. The Hall–Kier alpha value is -3.16. The third-order valence-corrected chi connectivity index (χ3v) is 5.10. The first-order valence-corrected chi connectivity index (χ1v) is 10.5. The molecular formula is C22H19ClN2O4S. The predicted molar refractivity (Wildman–Crippen MR) is 117 cm³/mol. The fourth-order valence-electron chi connectivity index (χ4n) is 2.56. The molecule has 6 nitrogen and oxygen atoms in total. The number of benzene rings is 2. The van der Waals surface area contributed by atoms with E-state index in [-0.39, 0.29) is 18.2 Å². The molecule has 30 heavy (non-hydrogen) atoms. The molecule has 3 rings (SSSR count). The number of hydrogen-bond donors (Lipinski definition) is 2. The zero-order valence-electron chi connectivity index (χ0n) is 15.9. The number of nitrogens with one attached hydrogen (secondary N) is 2. The summed E-state index contributed by atoms with van der Waals surface area (Å²) in [7, 11) is 0. The summed E-state index contributed by atoms with van der Waals surface area (Å²) in [4.78, 5) is 36.0. The third-order valence-electron chi connectivity index (χ3n) is 4.09. The molecule has 0 saturated carbocycles. The van der Waals surface area contributed by atoms with Crippen LogP contribution in [-0.4, -0.2) is 24.3 Å². The van der Waals surface area contributed by atoms with Gasteiger partial charge in [0.2, 0.25) is 0 Å². The van der Waals surface area contributed by atoms with Gasteiger partial charge in [0.05, 0.1) is 10.6 Å². The van der Waals surface area contributed by atoms with E-state index in [1.54, 1.807) is 60.0 Å². The largest absolute Gasteiger partial charge is 0.427 e. The van der Waals surface area contributed by atoms with Crippen LogP contribution in [-0.2, 0) is 4.79 Å². The minimum atomic E-state index is -0.396. The van der Waals surface area contributed by atoms with Crippen molar-refractivity contribution in [1.29, 1.82) is 0 Å². The van der Waals surface area contributed by atoms with E-state index in [9.17, 15) is 14.4 Å². The van der Waals surface area contributed by atoms with Crippen molar-refractivity contribution in [3.63, 3.8) is 0 Å². The van der Waals surface area contributed by atoms with Crippen LogP contribution in [0.4, 0.5) is 5.69 Å². The van der Waals surface area contributed by atoms with Crippen LogP contribution in [0, 0.1) is 0 Å². The van der Waals surface area contributed by atoms with E-state index >= 15 is 0 Å². The highest BCUT2D eigenvalue weighted by molar-refractivity contribution is 7.08. The Balaban J connectivity index is 1.41. The average molecular weight is 443 g/mol. The van der Waals surface area contributed by atoms with Crippen LogP contribution < -0.4 is 15.4 Å². The monoisotopic (exact) mass is 442 g/mol. The molecule has 0 bridgehead atoms. The lowest BCUT2D eigenvalue weighted by Crippen LogP contribution is -2.24. The molecule has 1 heterocycles. The zero-order chi connectivity index (χ0) is 21.3. The lowest BCUT2D eigenvalue weighted by Gasteiger charge is -2.08. The van der Waals surface area contributed by atoms with Crippen molar-refractivity contribution in [3.05, 3.63) is 81.5 Å². The van der Waals surface area contributed by atoms with Crippen molar-refractivity contribution in [2.24, 2.45) is 0 Å². The summed E-state index contributed by atoms with van der Waals surface area (Å²) < 4.78 is 5.27. The molecule has 0 aliphatic carbocycles. The van der Waals surface area contributed by atoms with Crippen molar-refractivity contribution < 1.29 is 19.1 Å². The van der Waals surface area contributed by atoms with Gasteiger partial charge in [-0.15, -0.1) is 0 Å². The summed E-state index contributed by atoms with van der Waals surface area (Å²) in [5.74, 6) is -0.500. The quantitative estimate of drug-likeness (QED) is 0.299. The van der Waals surface area contributed by atoms with Crippen molar-refractivity contribution in [2.45, 2.75) is 12.8 Å². The molecule has 0 unspecified atom stereocenters. The fourth-order valence-corrected chi connectivity index (χ4v) is 3.42. The minimum absolute atomic E-state index is 0.154. The van der Waals surface area contributed by atoms with Crippen LogP contribution in [0.3, 0.4) is 0 Å². The van der Waals surface area contributed by atoms with E-state index in [0.29, 0.717) is 40.6 Å². The van der Waals surface area contributed by atoms with E-state index in [0.717, 1.165) is 0 Å². The first kappa shape index (κ1) is 21.5. The minimum Gasteiger partial charge on any atom is -0.427 e. The molecule has 3 aromatic rings. The predicted octanol–water partition coefficient (Wildman–Crippen LogP) is 4.77. The summed E-state index contributed by atoms with van der Waals surface area (Å²) in [6, 6.07) is 15.0. The van der Waals surface area contributed by atoms with Gasteiger partial charge in [-0.2, -0.15) is 11.3 Å². The van der Waals surface area contributed by atoms with Gasteiger partial charge in [-0.05, 0) is 54.3 Å². The number of thiophene rings is 1. The maximum absolute atomic E-state index is 12.3. The van der Waals surface area contributed by atoms with Gasteiger partial charge in [-0.1, -0.05) is 23.7 Å². The molecular weight excluding hydrogens is 424 g/mol. The lowest BCUT2D eigenvalue weighted by molar-refractivity contribution is -0.134. The van der Waals surface area contributed by atoms with Crippen molar-refractivity contribution in [1.82, 2.24) is 5.32 Å². The molecule has 2 amide bonds. The van der Waals surface area contributed by atoms with Gasteiger partial charge in [0, 0.05) is 29.6 Å². The van der Waals surface area contributed by atoms with Gasteiger partial charge >= 0.3 is 5.97 Å². The number of anilines is 1. The molecule has 2 aromatic carbocycles. The highest BCUT2D eigenvalue weighted by Gasteiger charge is 2.11. The molecule has 154 valence electrons. The van der Waals surface area contributed by atoms with Crippen LogP contribution in [0.2, 0.25) is 5.02 Å². The number of esters is 1. The topological polar surface area (TPSA) is 84.5 Å². The summed E-state index contributed by atoms with van der Waals surface area (Å²) >= 11 is 7.47. The van der Waals surface area contributed by atoms with Crippen LogP contribution in [0.5, 0.6) is 5.75 Å². The number of hydrogen-bond acceptors (Lipinski definition) is 5. The van der Waals surface area contributed by atoms with E-state index < -0.39 is 5.97 Å². The Morgan fingerprint density at radius 3 is 2.43 bits per heavy atom. The van der Waals surface area contributed by atoms with Crippen molar-refractivity contribution in [2.75, 3.05) is 11.9 Å². The van der Waals surface area contributed by atoms with Crippen LogP contribution >= 0.6 is 22.9 Å². The summed E-state index contributed by atoms with van der Waals surface area (Å²) in [6.45, 7) is 0.386. The Labute approximate surface area is 182 Å². The smallest absolute Gasteiger partial charge is 0.311 e. The second-order valence-electron chi connectivity index (χ2n) is 6.30. The second-order valence-corrected chi connectivity index (χ2v) is 7.49. The molecule has 0 aliphatic rings. The van der Waals surface area contributed by atoms with Gasteiger partial charge in [0.15, 0.2) is 0 Å². The zero-order valence-corrected chi connectivity index (χ0v) is 17.5. The molecule has 0 fully saturated rings. The van der Waals surface area contributed by atoms with Gasteiger partial charge in [0.1, 0.15) is 5.75 Å². The summed E-state index contributed by atoms with van der Waals surface area (Å²) in [5.41, 5.74) is 1.54. The fraction of sp³-hybridized carbons (Fsp3) is 0.136. The van der Waals surface area contributed by atoms with Crippen molar-refractivity contribution in [3.8, 4) is 5.75 Å². The average Bonchev–Trinajstić information content (AvgIpc) is 3.28.